The number of nitro groups is 1. The number of carbonyl (C=O) groups is 2. The molecule has 1 saturated heterocycles. The van der Waals surface area contributed by atoms with E-state index >= 15 is 0 Å². The molecule has 2 aliphatic rings. The van der Waals surface area contributed by atoms with Crippen LogP contribution in [0.4, 0.5) is 10.5 Å². The van der Waals surface area contributed by atoms with Gasteiger partial charge in [0.1, 0.15) is 5.54 Å². The number of nitrogens with one attached hydrogen (secondary N) is 1. The fraction of sp³-hybridized carbons (Fsp3) is 0.222. The molecule has 2 aliphatic heterocycles. The van der Waals surface area contributed by atoms with Crippen molar-refractivity contribution in [2.24, 2.45) is 0 Å². The standard InChI is InChI=1S/C18H14BrN3O6/c1-18(11-2-4-12(5-3-11)22(25)26)16(23)21(17(24)20-18)8-10-6-14-15(7-13(10)19)28-9-27-14/h2-7H,8-9H2,1H3,(H,20,24)/t18-/m0/s1. The number of imide groups is 1. The number of nitrogens with zero attached hydrogens (tertiary/aromatic N) is 2. The Morgan fingerprint density at radius 2 is 1.86 bits per heavy atom. The van der Waals surface area contributed by atoms with Crippen LogP contribution in [0.3, 0.4) is 0 Å². The van der Waals surface area contributed by atoms with Crippen LogP contribution >= 0.6 is 15.9 Å². The smallest absolute Gasteiger partial charge is 0.325 e. The molecule has 9 nitrogen and oxygen atoms in total. The number of benzene rings is 2. The van der Waals surface area contributed by atoms with Crippen molar-refractivity contribution in [3.05, 3.63) is 62.1 Å². The summed E-state index contributed by atoms with van der Waals surface area (Å²) in [6.45, 7) is 1.72. The van der Waals surface area contributed by atoms with Gasteiger partial charge in [-0.2, -0.15) is 0 Å². The van der Waals surface area contributed by atoms with E-state index in [1.807, 2.05) is 0 Å². The minimum absolute atomic E-state index is 0.0322. The Hall–Kier alpha value is -3.14. The third-order valence-corrected chi connectivity index (χ3v) is 5.54. The number of urea groups is 1. The van der Waals surface area contributed by atoms with E-state index in [9.17, 15) is 19.7 Å². The zero-order valence-corrected chi connectivity index (χ0v) is 16.2. The topological polar surface area (TPSA) is 111 Å². The summed E-state index contributed by atoms with van der Waals surface area (Å²) in [4.78, 5) is 37.0. The second-order valence-electron chi connectivity index (χ2n) is 6.55. The summed E-state index contributed by atoms with van der Waals surface area (Å²) in [5, 5.41) is 13.5. The molecular weight excluding hydrogens is 434 g/mol. The first kappa shape index (κ1) is 18.2. The number of non-ortho nitro benzene ring substituents is 1. The second-order valence-corrected chi connectivity index (χ2v) is 7.40. The van der Waals surface area contributed by atoms with Gasteiger partial charge in [-0.3, -0.25) is 19.8 Å². The molecule has 10 heteroatoms. The average Bonchev–Trinajstić information content (AvgIpc) is 3.20. The highest BCUT2D eigenvalue weighted by molar-refractivity contribution is 9.10. The molecule has 2 aromatic carbocycles. The van der Waals surface area contributed by atoms with E-state index in [-0.39, 0.29) is 19.0 Å². The summed E-state index contributed by atoms with van der Waals surface area (Å²) in [6.07, 6.45) is 0. The molecule has 4 rings (SSSR count). The minimum Gasteiger partial charge on any atom is -0.454 e. The van der Waals surface area contributed by atoms with Gasteiger partial charge in [0.05, 0.1) is 11.5 Å². The van der Waals surface area contributed by atoms with Crippen LogP contribution in [-0.4, -0.2) is 28.6 Å². The van der Waals surface area contributed by atoms with Crippen LogP contribution in [0, 0.1) is 10.1 Å². The molecule has 1 fully saturated rings. The first-order valence-corrected chi connectivity index (χ1v) is 9.06. The van der Waals surface area contributed by atoms with Gasteiger partial charge in [0.2, 0.25) is 6.79 Å². The number of carbonyl (C=O) groups excluding carboxylic acids is 2. The van der Waals surface area contributed by atoms with E-state index in [0.717, 1.165) is 4.90 Å². The molecule has 0 aromatic heterocycles. The van der Waals surface area contributed by atoms with Crippen LogP contribution in [0.5, 0.6) is 11.5 Å². The quantitative estimate of drug-likeness (QED) is 0.437. The van der Waals surface area contributed by atoms with Gasteiger partial charge in [-0.1, -0.05) is 15.9 Å². The van der Waals surface area contributed by atoms with Gasteiger partial charge >= 0.3 is 6.03 Å². The lowest BCUT2D eigenvalue weighted by molar-refractivity contribution is -0.384. The third kappa shape index (κ3) is 2.85. The normalized spacial score (nSPS) is 20.4. The first-order valence-electron chi connectivity index (χ1n) is 8.26. The zero-order valence-electron chi connectivity index (χ0n) is 14.6. The SMILES string of the molecule is C[C@@]1(c2ccc([N+](=O)[O-])cc2)NC(=O)N(Cc2cc3c(cc2Br)OCO3)C1=O. The van der Waals surface area contributed by atoms with E-state index in [4.69, 9.17) is 9.47 Å². The Bertz CT molecular complexity index is 1010. The molecule has 2 aromatic rings. The molecule has 0 saturated carbocycles. The number of hydrogen-bond acceptors (Lipinski definition) is 6. The maximum absolute atomic E-state index is 13.0. The van der Waals surface area contributed by atoms with E-state index in [1.165, 1.54) is 24.3 Å². The second kappa shape index (κ2) is 6.48. The zero-order chi connectivity index (χ0) is 20.1. The number of nitro benzene ring substituents is 1. The van der Waals surface area contributed by atoms with Crippen molar-refractivity contribution in [2.75, 3.05) is 6.79 Å². The highest BCUT2D eigenvalue weighted by Crippen LogP contribution is 2.38. The largest absolute Gasteiger partial charge is 0.454 e. The molecule has 0 radical (unpaired) electrons. The molecule has 1 N–H and O–H groups in total. The van der Waals surface area contributed by atoms with Crippen molar-refractivity contribution in [3.8, 4) is 11.5 Å². The van der Waals surface area contributed by atoms with Gasteiger partial charge in [0.25, 0.3) is 11.6 Å². The van der Waals surface area contributed by atoms with Crippen molar-refractivity contribution >= 4 is 33.6 Å². The summed E-state index contributed by atoms with van der Waals surface area (Å²) in [6, 6.07) is 8.44. The van der Waals surface area contributed by atoms with E-state index in [0.29, 0.717) is 27.1 Å². The van der Waals surface area contributed by atoms with E-state index in [2.05, 4.69) is 21.2 Å². The fourth-order valence-electron chi connectivity index (χ4n) is 3.20. The van der Waals surface area contributed by atoms with Gasteiger partial charge in [-0.15, -0.1) is 0 Å². The number of fused-ring (bicyclic) bond motifs is 1. The first-order chi connectivity index (χ1) is 13.3. The van der Waals surface area contributed by atoms with Crippen LogP contribution in [0.15, 0.2) is 40.9 Å². The Morgan fingerprint density at radius 3 is 2.50 bits per heavy atom. The number of ether oxygens (including phenoxy) is 2. The molecule has 1 atom stereocenters. The number of hydrogen-bond donors (Lipinski definition) is 1. The van der Waals surface area contributed by atoms with E-state index < -0.39 is 22.4 Å². The summed E-state index contributed by atoms with van der Waals surface area (Å²) in [5.74, 6) is 0.683. The molecule has 28 heavy (non-hydrogen) atoms. The molecule has 0 aliphatic carbocycles. The molecule has 144 valence electrons. The summed E-state index contributed by atoms with van der Waals surface area (Å²) in [7, 11) is 0. The Labute approximate surface area is 167 Å². The number of halogens is 1. The lowest BCUT2D eigenvalue weighted by atomic mass is 9.92. The number of amides is 3. The lowest BCUT2D eigenvalue weighted by Gasteiger charge is -2.22. The molecule has 0 spiro atoms. The molecule has 0 unspecified atom stereocenters. The van der Waals surface area contributed by atoms with Gasteiger partial charge in [-0.25, -0.2) is 4.79 Å². The molecule has 3 amide bonds. The average molecular weight is 448 g/mol. The Balaban J connectivity index is 1.61. The van der Waals surface area contributed by atoms with Gasteiger partial charge in [0.15, 0.2) is 11.5 Å². The molecular formula is C18H14BrN3O6. The van der Waals surface area contributed by atoms with Gasteiger partial charge in [-0.05, 0) is 42.3 Å². The third-order valence-electron chi connectivity index (χ3n) is 4.80. The van der Waals surface area contributed by atoms with Crippen LogP contribution in [0.1, 0.15) is 18.1 Å². The molecule has 2 heterocycles. The minimum atomic E-state index is -1.31. The highest BCUT2D eigenvalue weighted by atomic mass is 79.9. The van der Waals surface area contributed by atoms with Crippen molar-refractivity contribution in [1.29, 1.82) is 0 Å². The monoisotopic (exact) mass is 447 g/mol. The summed E-state index contributed by atoms with van der Waals surface area (Å²) in [5.41, 5.74) is -0.260. The van der Waals surface area contributed by atoms with E-state index in [1.54, 1.807) is 19.1 Å². The van der Waals surface area contributed by atoms with Gasteiger partial charge in [0, 0.05) is 16.6 Å². The highest BCUT2D eigenvalue weighted by Gasteiger charge is 2.49. The summed E-state index contributed by atoms with van der Waals surface area (Å²) < 4.78 is 11.3. The Morgan fingerprint density at radius 1 is 1.21 bits per heavy atom. The van der Waals surface area contributed by atoms with Crippen LogP contribution < -0.4 is 14.8 Å². The van der Waals surface area contributed by atoms with Gasteiger partial charge < -0.3 is 14.8 Å². The van der Waals surface area contributed by atoms with Crippen molar-refractivity contribution in [1.82, 2.24) is 10.2 Å². The maximum atomic E-state index is 13.0. The maximum Gasteiger partial charge on any atom is 0.325 e. The predicted molar refractivity (Wildman–Crippen MR) is 99.8 cm³/mol. The van der Waals surface area contributed by atoms with Crippen LogP contribution in [0.25, 0.3) is 0 Å². The Kier molecular flexibility index (Phi) is 4.22. The van der Waals surface area contributed by atoms with Crippen molar-refractivity contribution in [2.45, 2.75) is 19.0 Å². The van der Waals surface area contributed by atoms with Crippen molar-refractivity contribution < 1.29 is 24.0 Å². The number of rotatable bonds is 4. The lowest BCUT2D eigenvalue weighted by Crippen LogP contribution is -2.40. The predicted octanol–water partition coefficient (Wildman–Crippen LogP) is 3.05. The fourth-order valence-corrected chi connectivity index (χ4v) is 3.65. The van der Waals surface area contributed by atoms with Crippen LogP contribution in [0.2, 0.25) is 0 Å². The molecule has 0 bridgehead atoms. The summed E-state index contributed by atoms with van der Waals surface area (Å²) >= 11 is 3.42. The van der Waals surface area contributed by atoms with Crippen LogP contribution in [-0.2, 0) is 16.9 Å². The van der Waals surface area contributed by atoms with Crippen molar-refractivity contribution in [3.63, 3.8) is 0 Å².